The van der Waals surface area contributed by atoms with Crippen molar-refractivity contribution in [3.8, 4) is 0 Å². The smallest absolute Gasteiger partial charge is 0.186 e. The van der Waals surface area contributed by atoms with E-state index in [1.807, 2.05) is 0 Å². The molecule has 0 unspecified atom stereocenters. The Bertz CT molecular complexity index is 918. The Morgan fingerprint density at radius 2 is 1.59 bits per heavy atom. The van der Waals surface area contributed by atoms with Crippen molar-refractivity contribution in [1.29, 1.82) is 0 Å². The van der Waals surface area contributed by atoms with Gasteiger partial charge in [0.05, 0.1) is 36.6 Å². The van der Waals surface area contributed by atoms with Crippen LogP contribution in [0.4, 0.5) is 0 Å². The molecule has 0 radical (unpaired) electrons. The van der Waals surface area contributed by atoms with Crippen LogP contribution in [-0.4, -0.2) is 97.0 Å². The summed E-state index contributed by atoms with van der Waals surface area (Å²) in [6.45, 7) is 10.8. The fourth-order valence-electron chi connectivity index (χ4n) is 10.5. The summed E-state index contributed by atoms with van der Waals surface area (Å²) in [5, 5.41) is 75.2. The van der Waals surface area contributed by atoms with E-state index in [1.54, 1.807) is 0 Å². The maximum atomic E-state index is 11.7. The van der Waals surface area contributed by atoms with Gasteiger partial charge in [-0.15, -0.1) is 0 Å². The number of aliphatic hydroxyl groups excluding tert-OH is 6. The van der Waals surface area contributed by atoms with E-state index in [-0.39, 0.29) is 48.2 Å². The zero-order valence-electron chi connectivity index (χ0n) is 25.6. The fraction of sp³-hybridized carbons (Fsp3) is 1.00. The molecule has 16 atom stereocenters. The number of fused-ring (bicyclic) bond motifs is 5. The Morgan fingerprint density at radius 3 is 2.27 bits per heavy atom. The molecule has 4 aliphatic carbocycles. The number of ether oxygens (including phenoxy) is 2. The molecule has 5 rings (SSSR count). The van der Waals surface area contributed by atoms with Gasteiger partial charge >= 0.3 is 0 Å². The molecular formula is C32H56O9. The summed E-state index contributed by atoms with van der Waals surface area (Å²) in [6, 6.07) is 0. The first-order chi connectivity index (χ1) is 19.1. The summed E-state index contributed by atoms with van der Waals surface area (Å²) in [6.07, 6.45) is -0.575. The van der Waals surface area contributed by atoms with E-state index in [2.05, 4.69) is 34.6 Å². The molecule has 1 heterocycles. The van der Waals surface area contributed by atoms with Gasteiger partial charge in [-0.1, -0.05) is 34.6 Å². The minimum absolute atomic E-state index is 0.0624. The van der Waals surface area contributed by atoms with Crippen molar-refractivity contribution in [2.75, 3.05) is 6.61 Å². The molecule has 0 spiro atoms. The van der Waals surface area contributed by atoms with Crippen molar-refractivity contribution in [1.82, 2.24) is 0 Å². The van der Waals surface area contributed by atoms with E-state index in [0.717, 1.165) is 32.1 Å². The number of aliphatic hydroxyl groups is 7. The van der Waals surface area contributed by atoms with Crippen molar-refractivity contribution in [3.05, 3.63) is 0 Å². The quantitative estimate of drug-likeness (QED) is 0.237. The van der Waals surface area contributed by atoms with Gasteiger partial charge in [0.1, 0.15) is 18.3 Å². The van der Waals surface area contributed by atoms with E-state index in [1.165, 1.54) is 0 Å². The molecule has 0 aromatic heterocycles. The highest BCUT2D eigenvalue weighted by molar-refractivity contribution is 5.18. The Morgan fingerprint density at radius 1 is 0.878 bits per heavy atom. The van der Waals surface area contributed by atoms with Crippen LogP contribution in [0.2, 0.25) is 0 Å². The van der Waals surface area contributed by atoms with E-state index < -0.39 is 53.9 Å². The van der Waals surface area contributed by atoms with Crippen molar-refractivity contribution in [3.63, 3.8) is 0 Å². The fourth-order valence-corrected chi connectivity index (χ4v) is 10.5. The van der Waals surface area contributed by atoms with E-state index in [4.69, 9.17) is 9.47 Å². The lowest BCUT2D eigenvalue weighted by molar-refractivity contribution is -0.287. The molecule has 9 nitrogen and oxygen atoms in total. The standard InChI is InChI=1S/C32H56O9/c1-16(2)24(41-29-28(38)27(37)23(35)15-40-29)7-6-17(3)21-13-22(34)26-19-12-25(36)32(39)14-18(33)8-11-31(32,5)20(19)9-10-30(21,26)4/h16-29,33-39H,6-15H2,1-5H3/t17-,18+,19+,20-,21-,22+,23+,24+,25-,26-,27+,28-,29+,30-,31-,32+/m1/s1. The second-order valence-corrected chi connectivity index (χ2v) is 15.5. The molecule has 0 aromatic rings. The lowest BCUT2D eigenvalue weighted by Crippen LogP contribution is -2.69. The molecular weight excluding hydrogens is 528 g/mol. The molecule has 5 aliphatic rings. The van der Waals surface area contributed by atoms with Gasteiger partial charge in [0.15, 0.2) is 6.29 Å². The molecule has 5 fully saturated rings. The molecule has 1 aliphatic heterocycles. The van der Waals surface area contributed by atoms with E-state index in [9.17, 15) is 35.7 Å². The van der Waals surface area contributed by atoms with Crippen LogP contribution in [0.5, 0.6) is 0 Å². The molecule has 7 N–H and O–H groups in total. The van der Waals surface area contributed by atoms with Gasteiger partial charge in [0, 0.05) is 11.8 Å². The first kappa shape index (κ1) is 32.0. The van der Waals surface area contributed by atoms with Gasteiger partial charge in [0.25, 0.3) is 0 Å². The number of hydrogen-bond donors (Lipinski definition) is 7. The summed E-state index contributed by atoms with van der Waals surface area (Å²) >= 11 is 0. The number of hydrogen-bond acceptors (Lipinski definition) is 9. The van der Waals surface area contributed by atoms with Gasteiger partial charge in [-0.05, 0) is 92.3 Å². The highest BCUT2D eigenvalue weighted by Crippen LogP contribution is 2.69. The van der Waals surface area contributed by atoms with Crippen LogP contribution >= 0.6 is 0 Å². The first-order valence-electron chi connectivity index (χ1n) is 16.2. The molecule has 0 bridgehead atoms. The van der Waals surface area contributed by atoms with Gasteiger partial charge in [0.2, 0.25) is 0 Å². The maximum Gasteiger partial charge on any atom is 0.186 e. The predicted molar refractivity (Wildman–Crippen MR) is 151 cm³/mol. The zero-order valence-corrected chi connectivity index (χ0v) is 25.6. The molecule has 9 heteroatoms. The van der Waals surface area contributed by atoms with Gasteiger partial charge < -0.3 is 45.2 Å². The Hall–Kier alpha value is -0.360. The summed E-state index contributed by atoms with van der Waals surface area (Å²) in [5.41, 5.74) is -1.83. The van der Waals surface area contributed by atoms with Crippen LogP contribution in [0.1, 0.15) is 92.4 Å². The van der Waals surface area contributed by atoms with Crippen molar-refractivity contribution >= 4 is 0 Å². The average Bonchev–Trinajstić information content (AvgIpc) is 3.18. The van der Waals surface area contributed by atoms with Crippen molar-refractivity contribution < 1.29 is 45.2 Å². The third-order valence-corrected chi connectivity index (χ3v) is 13.0. The molecule has 0 aromatic carbocycles. The van der Waals surface area contributed by atoms with Crippen LogP contribution < -0.4 is 0 Å². The highest BCUT2D eigenvalue weighted by Gasteiger charge is 2.68. The molecule has 0 amide bonds. The van der Waals surface area contributed by atoms with Crippen LogP contribution in [0, 0.1) is 46.3 Å². The lowest BCUT2D eigenvalue weighted by atomic mass is 9.42. The van der Waals surface area contributed by atoms with Gasteiger partial charge in [-0.3, -0.25) is 0 Å². The largest absolute Gasteiger partial charge is 0.393 e. The maximum absolute atomic E-state index is 11.7. The highest BCUT2D eigenvalue weighted by atomic mass is 16.7. The van der Waals surface area contributed by atoms with Crippen LogP contribution in [0.3, 0.4) is 0 Å². The molecule has 238 valence electrons. The predicted octanol–water partition coefficient (Wildman–Crippen LogP) is 1.96. The average molecular weight is 585 g/mol. The number of rotatable bonds is 7. The van der Waals surface area contributed by atoms with Crippen LogP contribution in [-0.2, 0) is 9.47 Å². The third kappa shape index (κ3) is 5.23. The Balaban J connectivity index is 1.27. The van der Waals surface area contributed by atoms with Crippen LogP contribution in [0.15, 0.2) is 0 Å². The topological polar surface area (TPSA) is 160 Å². The van der Waals surface area contributed by atoms with Gasteiger partial charge in [-0.2, -0.15) is 0 Å². The minimum atomic E-state index is -1.31. The summed E-state index contributed by atoms with van der Waals surface area (Å²) in [4.78, 5) is 0. The normalized spacial score (nSPS) is 53.3. The Kier molecular flexibility index (Phi) is 9.01. The second kappa shape index (κ2) is 11.5. The summed E-state index contributed by atoms with van der Waals surface area (Å²) in [7, 11) is 0. The molecule has 41 heavy (non-hydrogen) atoms. The molecule has 4 saturated carbocycles. The van der Waals surface area contributed by atoms with Crippen LogP contribution in [0.25, 0.3) is 0 Å². The van der Waals surface area contributed by atoms with E-state index >= 15 is 0 Å². The summed E-state index contributed by atoms with van der Waals surface area (Å²) < 4.78 is 11.7. The summed E-state index contributed by atoms with van der Waals surface area (Å²) in [5.74, 6) is 1.19. The SMILES string of the molecule is CC(C)[C@H](CC[C@@H](C)[C@H]1C[C@H](O)[C@H]2[C@H]3C[C@@H](O)[C@@]4(O)C[C@@H](O)CC[C@]4(C)[C@@H]3CC[C@@]21C)O[C@@H]1OC[C@H](O)[C@H](O)[C@H]1O. The zero-order chi connectivity index (χ0) is 30.1. The first-order valence-corrected chi connectivity index (χ1v) is 16.2. The monoisotopic (exact) mass is 584 g/mol. The van der Waals surface area contributed by atoms with E-state index in [0.29, 0.717) is 31.1 Å². The third-order valence-electron chi connectivity index (χ3n) is 13.0. The lowest BCUT2D eigenvalue weighted by Gasteiger charge is -2.65. The van der Waals surface area contributed by atoms with Crippen molar-refractivity contribution in [2.24, 2.45) is 46.3 Å². The van der Waals surface area contributed by atoms with Crippen molar-refractivity contribution in [2.45, 2.75) is 147 Å². The Labute approximate surface area is 245 Å². The second-order valence-electron chi connectivity index (χ2n) is 15.5. The molecule has 1 saturated heterocycles. The van der Waals surface area contributed by atoms with Gasteiger partial charge in [-0.25, -0.2) is 0 Å². The minimum Gasteiger partial charge on any atom is -0.393 e.